The Morgan fingerprint density at radius 1 is 1.36 bits per heavy atom. The fraction of sp³-hybridized carbons (Fsp3) is 0.533. The minimum Gasteiger partial charge on any atom is -0.352 e. The number of hydrogen-bond donors (Lipinski definition) is 2. The van der Waals surface area contributed by atoms with E-state index in [1.165, 1.54) is 17.4 Å². The van der Waals surface area contributed by atoms with Gasteiger partial charge in [0, 0.05) is 25.7 Å². The van der Waals surface area contributed by atoms with Crippen LogP contribution in [-0.2, 0) is 16.4 Å². The topological polar surface area (TPSA) is 92.5 Å². The molecule has 7 heteroatoms. The molecule has 1 aliphatic heterocycles. The SMILES string of the molecule is CN(CC(C)(C)CN)S(=O)(=O)c1ccc2c(c1)C(=O)NCC2. The maximum Gasteiger partial charge on any atom is 0.251 e. The zero-order chi connectivity index (χ0) is 16.5. The fourth-order valence-electron chi connectivity index (χ4n) is 2.48. The normalized spacial score (nSPS) is 15.6. The molecule has 0 unspecified atom stereocenters. The number of rotatable bonds is 5. The first-order chi connectivity index (χ1) is 10.2. The highest BCUT2D eigenvalue weighted by molar-refractivity contribution is 7.89. The molecule has 22 heavy (non-hydrogen) atoms. The van der Waals surface area contributed by atoms with Crippen LogP contribution in [0, 0.1) is 5.41 Å². The van der Waals surface area contributed by atoms with Crippen LogP contribution in [0.5, 0.6) is 0 Å². The highest BCUT2D eigenvalue weighted by Gasteiger charge is 2.28. The maximum atomic E-state index is 12.7. The molecule has 1 aromatic carbocycles. The number of nitrogens with zero attached hydrogens (tertiary/aromatic N) is 1. The van der Waals surface area contributed by atoms with E-state index in [1.807, 2.05) is 13.8 Å². The molecule has 6 nitrogen and oxygen atoms in total. The second-order valence-corrected chi connectivity index (χ2v) is 8.50. The van der Waals surface area contributed by atoms with Gasteiger partial charge in [-0.15, -0.1) is 0 Å². The molecular formula is C15H23N3O3S. The standard InChI is InChI=1S/C15H23N3O3S/c1-15(2,9-16)10-18(3)22(20,21)12-5-4-11-6-7-17-14(19)13(11)8-12/h4-5,8H,6-7,9-10,16H2,1-3H3,(H,17,19). The average Bonchev–Trinajstić information content (AvgIpc) is 2.47. The Hall–Kier alpha value is -1.44. The van der Waals surface area contributed by atoms with Crippen molar-refractivity contribution in [2.24, 2.45) is 11.1 Å². The second-order valence-electron chi connectivity index (χ2n) is 6.45. The number of amides is 1. The lowest BCUT2D eigenvalue weighted by Gasteiger charge is -2.28. The van der Waals surface area contributed by atoms with Gasteiger partial charge >= 0.3 is 0 Å². The van der Waals surface area contributed by atoms with E-state index in [4.69, 9.17) is 5.73 Å². The molecule has 0 bridgehead atoms. The summed E-state index contributed by atoms with van der Waals surface area (Å²) >= 11 is 0. The van der Waals surface area contributed by atoms with Crippen molar-refractivity contribution in [1.29, 1.82) is 0 Å². The zero-order valence-electron chi connectivity index (χ0n) is 13.2. The van der Waals surface area contributed by atoms with Gasteiger partial charge in [-0.05, 0) is 36.1 Å². The number of nitrogens with two attached hydrogens (primary N) is 1. The summed E-state index contributed by atoms with van der Waals surface area (Å²) in [5.41, 5.74) is 6.68. The van der Waals surface area contributed by atoms with Crippen molar-refractivity contribution in [3.05, 3.63) is 29.3 Å². The molecule has 0 aromatic heterocycles. The molecule has 0 radical (unpaired) electrons. The average molecular weight is 325 g/mol. The van der Waals surface area contributed by atoms with Crippen LogP contribution in [0.2, 0.25) is 0 Å². The Bertz CT molecular complexity index is 683. The predicted octanol–water partition coefficient (Wildman–Crippen LogP) is 0.578. The summed E-state index contributed by atoms with van der Waals surface area (Å²) in [5.74, 6) is -0.219. The van der Waals surface area contributed by atoms with E-state index in [0.29, 0.717) is 25.2 Å². The third kappa shape index (κ3) is 3.31. The van der Waals surface area contributed by atoms with Crippen molar-refractivity contribution in [3.63, 3.8) is 0 Å². The molecule has 0 saturated carbocycles. The third-order valence-corrected chi connectivity index (χ3v) is 5.72. The molecule has 0 fully saturated rings. The Labute approximate surface area is 131 Å². The van der Waals surface area contributed by atoms with Gasteiger partial charge in [0.15, 0.2) is 0 Å². The van der Waals surface area contributed by atoms with Crippen molar-refractivity contribution in [2.75, 3.05) is 26.7 Å². The first kappa shape index (κ1) is 16.9. The number of carbonyl (C=O) groups is 1. The Kier molecular flexibility index (Phi) is 4.60. The summed E-state index contributed by atoms with van der Waals surface area (Å²) in [7, 11) is -2.11. The van der Waals surface area contributed by atoms with Gasteiger partial charge in [-0.25, -0.2) is 12.7 Å². The monoisotopic (exact) mass is 325 g/mol. The van der Waals surface area contributed by atoms with Gasteiger partial charge in [0.2, 0.25) is 10.0 Å². The van der Waals surface area contributed by atoms with Gasteiger partial charge in [0.05, 0.1) is 4.90 Å². The highest BCUT2D eigenvalue weighted by atomic mass is 32.2. The van der Waals surface area contributed by atoms with Gasteiger partial charge in [-0.1, -0.05) is 19.9 Å². The van der Waals surface area contributed by atoms with E-state index in [-0.39, 0.29) is 16.2 Å². The molecule has 1 aromatic rings. The van der Waals surface area contributed by atoms with Crippen molar-refractivity contribution >= 4 is 15.9 Å². The molecule has 2 rings (SSSR count). The summed E-state index contributed by atoms with van der Waals surface area (Å²) in [6.07, 6.45) is 0.720. The van der Waals surface area contributed by atoms with Gasteiger partial charge in [0.25, 0.3) is 5.91 Å². The zero-order valence-corrected chi connectivity index (χ0v) is 14.0. The number of benzene rings is 1. The molecule has 0 saturated heterocycles. The van der Waals surface area contributed by atoms with Gasteiger partial charge in [-0.3, -0.25) is 4.79 Å². The molecule has 1 heterocycles. The van der Waals surface area contributed by atoms with Crippen LogP contribution >= 0.6 is 0 Å². The van der Waals surface area contributed by atoms with Crippen molar-refractivity contribution < 1.29 is 13.2 Å². The Balaban J connectivity index is 2.34. The second kappa shape index (κ2) is 5.98. The molecule has 0 spiro atoms. The number of nitrogens with one attached hydrogen (secondary N) is 1. The maximum absolute atomic E-state index is 12.7. The van der Waals surface area contributed by atoms with Crippen LogP contribution in [0.3, 0.4) is 0 Å². The lowest BCUT2D eigenvalue weighted by atomic mass is 9.94. The Morgan fingerprint density at radius 3 is 2.68 bits per heavy atom. The van der Waals surface area contributed by atoms with E-state index in [9.17, 15) is 13.2 Å². The highest BCUT2D eigenvalue weighted by Crippen LogP contribution is 2.24. The van der Waals surface area contributed by atoms with Crippen molar-refractivity contribution in [1.82, 2.24) is 9.62 Å². The summed E-state index contributed by atoms with van der Waals surface area (Å²) in [4.78, 5) is 12.0. The van der Waals surface area contributed by atoms with E-state index in [0.717, 1.165) is 12.0 Å². The fourth-order valence-corrected chi connectivity index (χ4v) is 3.87. The minimum atomic E-state index is -3.64. The molecule has 122 valence electrons. The van der Waals surface area contributed by atoms with Gasteiger partial charge < -0.3 is 11.1 Å². The predicted molar refractivity (Wildman–Crippen MR) is 85.1 cm³/mol. The van der Waals surface area contributed by atoms with Gasteiger partial charge in [-0.2, -0.15) is 0 Å². The Morgan fingerprint density at radius 2 is 2.05 bits per heavy atom. The van der Waals surface area contributed by atoms with Crippen molar-refractivity contribution in [2.45, 2.75) is 25.2 Å². The third-order valence-electron chi connectivity index (χ3n) is 3.92. The van der Waals surface area contributed by atoms with Crippen LogP contribution in [-0.4, -0.2) is 45.3 Å². The van der Waals surface area contributed by atoms with Crippen LogP contribution < -0.4 is 11.1 Å². The molecular weight excluding hydrogens is 302 g/mol. The molecule has 0 atom stereocenters. The quantitative estimate of drug-likeness (QED) is 0.828. The molecule has 3 N–H and O–H groups in total. The van der Waals surface area contributed by atoms with E-state index >= 15 is 0 Å². The number of carbonyl (C=O) groups excluding carboxylic acids is 1. The summed E-state index contributed by atoms with van der Waals surface area (Å²) in [6, 6.07) is 4.76. The van der Waals surface area contributed by atoms with E-state index in [1.54, 1.807) is 12.1 Å². The molecule has 1 aliphatic rings. The lowest BCUT2D eigenvalue weighted by Crippen LogP contribution is -2.40. The number of hydrogen-bond acceptors (Lipinski definition) is 4. The lowest BCUT2D eigenvalue weighted by molar-refractivity contribution is 0.0945. The van der Waals surface area contributed by atoms with E-state index < -0.39 is 10.0 Å². The number of sulfonamides is 1. The minimum absolute atomic E-state index is 0.138. The molecule has 1 amide bonds. The smallest absolute Gasteiger partial charge is 0.251 e. The molecule has 0 aliphatic carbocycles. The summed E-state index contributed by atoms with van der Waals surface area (Å²) < 4.78 is 26.6. The van der Waals surface area contributed by atoms with E-state index in [2.05, 4.69) is 5.32 Å². The number of fused-ring (bicyclic) bond motifs is 1. The first-order valence-electron chi connectivity index (χ1n) is 7.25. The van der Waals surface area contributed by atoms with Crippen LogP contribution in [0.4, 0.5) is 0 Å². The summed E-state index contributed by atoms with van der Waals surface area (Å²) in [5, 5.41) is 2.73. The first-order valence-corrected chi connectivity index (χ1v) is 8.69. The van der Waals surface area contributed by atoms with Crippen LogP contribution in [0.25, 0.3) is 0 Å². The van der Waals surface area contributed by atoms with Gasteiger partial charge in [0.1, 0.15) is 0 Å². The van der Waals surface area contributed by atoms with Crippen molar-refractivity contribution in [3.8, 4) is 0 Å². The largest absolute Gasteiger partial charge is 0.352 e. The summed E-state index contributed by atoms with van der Waals surface area (Å²) in [6.45, 7) is 5.12. The van der Waals surface area contributed by atoms with Crippen LogP contribution in [0.15, 0.2) is 23.1 Å². The van der Waals surface area contributed by atoms with Crippen LogP contribution in [0.1, 0.15) is 29.8 Å².